The van der Waals surface area contributed by atoms with E-state index in [1.54, 1.807) is 0 Å². The molecular formula is C16H33N3O. The van der Waals surface area contributed by atoms with Crippen molar-refractivity contribution in [2.45, 2.75) is 82.9 Å². The van der Waals surface area contributed by atoms with Gasteiger partial charge in [-0.15, -0.1) is 0 Å². The van der Waals surface area contributed by atoms with Crippen LogP contribution >= 0.6 is 0 Å². The summed E-state index contributed by atoms with van der Waals surface area (Å²) in [6, 6.07) is 0.356. The molecule has 3 N–H and O–H groups in total. The van der Waals surface area contributed by atoms with E-state index in [-0.39, 0.29) is 5.54 Å². The zero-order valence-corrected chi connectivity index (χ0v) is 13.4. The molecule has 0 aromatic rings. The van der Waals surface area contributed by atoms with Crippen molar-refractivity contribution in [2.75, 3.05) is 19.7 Å². The molecule has 20 heavy (non-hydrogen) atoms. The van der Waals surface area contributed by atoms with Gasteiger partial charge in [0, 0.05) is 18.2 Å². The minimum absolute atomic E-state index is 0.174. The number of likely N-dealkylation sites (tertiary alicyclic amines) is 1. The minimum atomic E-state index is 0.174. The van der Waals surface area contributed by atoms with E-state index in [1.165, 1.54) is 45.2 Å². The van der Waals surface area contributed by atoms with Gasteiger partial charge in [-0.25, -0.2) is 0 Å². The number of hydrazine groups is 1. The first-order chi connectivity index (χ1) is 9.70. The second kappa shape index (κ2) is 7.74. The molecule has 0 bridgehead atoms. The Morgan fingerprint density at radius 3 is 2.60 bits per heavy atom. The maximum atomic E-state index is 5.91. The summed E-state index contributed by atoms with van der Waals surface area (Å²) in [7, 11) is 0. The van der Waals surface area contributed by atoms with Crippen LogP contribution in [0.4, 0.5) is 0 Å². The van der Waals surface area contributed by atoms with Gasteiger partial charge in [0.2, 0.25) is 0 Å². The molecule has 2 heterocycles. The fraction of sp³-hybridized carbons (Fsp3) is 1.00. The van der Waals surface area contributed by atoms with Gasteiger partial charge >= 0.3 is 0 Å². The van der Waals surface area contributed by atoms with Gasteiger partial charge in [0.05, 0.1) is 6.10 Å². The molecule has 3 unspecified atom stereocenters. The summed E-state index contributed by atoms with van der Waals surface area (Å²) in [6.45, 7) is 8.08. The number of nitrogens with zero attached hydrogens (tertiary/aromatic N) is 1. The predicted octanol–water partition coefficient (Wildman–Crippen LogP) is 2.43. The van der Waals surface area contributed by atoms with Crippen LogP contribution in [0.5, 0.6) is 0 Å². The number of piperidine rings is 1. The molecule has 0 spiro atoms. The molecule has 2 rings (SSSR count). The van der Waals surface area contributed by atoms with E-state index in [0.29, 0.717) is 12.1 Å². The highest BCUT2D eigenvalue weighted by Crippen LogP contribution is 2.30. The van der Waals surface area contributed by atoms with Crippen molar-refractivity contribution in [3.8, 4) is 0 Å². The summed E-state index contributed by atoms with van der Waals surface area (Å²) in [6.07, 6.45) is 10.4. The van der Waals surface area contributed by atoms with E-state index in [4.69, 9.17) is 10.6 Å². The van der Waals surface area contributed by atoms with Gasteiger partial charge in [0.1, 0.15) is 0 Å². The lowest BCUT2D eigenvalue weighted by Gasteiger charge is -2.48. The molecule has 0 amide bonds. The van der Waals surface area contributed by atoms with Crippen LogP contribution in [0.2, 0.25) is 0 Å². The molecule has 0 radical (unpaired) electrons. The average Bonchev–Trinajstić information content (AvgIpc) is 3.01. The van der Waals surface area contributed by atoms with Crippen molar-refractivity contribution in [3.63, 3.8) is 0 Å². The number of hydrogen-bond acceptors (Lipinski definition) is 4. The Morgan fingerprint density at radius 2 is 2.05 bits per heavy atom. The predicted molar refractivity (Wildman–Crippen MR) is 83.4 cm³/mol. The van der Waals surface area contributed by atoms with Gasteiger partial charge in [0.15, 0.2) is 0 Å². The first kappa shape index (κ1) is 16.2. The monoisotopic (exact) mass is 283 g/mol. The maximum Gasteiger partial charge on any atom is 0.0576 e. The molecule has 0 aliphatic carbocycles. The molecule has 0 saturated carbocycles. The quantitative estimate of drug-likeness (QED) is 0.556. The largest absolute Gasteiger partial charge is 0.378 e. The number of nitrogens with one attached hydrogen (secondary N) is 1. The maximum absolute atomic E-state index is 5.91. The number of ether oxygens (including phenoxy) is 1. The molecule has 2 aliphatic rings. The Labute approximate surface area is 124 Å². The molecule has 0 aromatic carbocycles. The molecule has 2 aliphatic heterocycles. The van der Waals surface area contributed by atoms with Crippen LogP contribution < -0.4 is 11.3 Å². The molecule has 3 atom stereocenters. The molecule has 2 saturated heterocycles. The summed E-state index contributed by atoms with van der Waals surface area (Å²) < 4.78 is 5.76. The molecule has 118 valence electrons. The third-order valence-corrected chi connectivity index (χ3v) is 5.55. The van der Waals surface area contributed by atoms with Crippen molar-refractivity contribution in [1.29, 1.82) is 0 Å². The van der Waals surface area contributed by atoms with Crippen LogP contribution in [0.25, 0.3) is 0 Å². The number of hydrogen-bond donors (Lipinski definition) is 2. The van der Waals surface area contributed by atoms with E-state index in [9.17, 15) is 0 Å². The Morgan fingerprint density at radius 1 is 1.30 bits per heavy atom. The van der Waals surface area contributed by atoms with E-state index in [0.717, 1.165) is 25.9 Å². The smallest absolute Gasteiger partial charge is 0.0576 e. The van der Waals surface area contributed by atoms with Gasteiger partial charge < -0.3 is 4.74 Å². The van der Waals surface area contributed by atoms with Gasteiger partial charge in [-0.1, -0.05) is 13.3 Å². The molecule has 2 fully saturated rings. The SMILES string of the molecule is CCC(C)(C(CCC1CCCO1)NN)N1CCCCC1. The zero-order valence-electron chi connectivity index (χ0n) is 13.4. The van der Waals surface area contributed by atoms with Gasteiger partial charge in [-0.05, 0) is 65.0 Å². The van der Waals surface area contributed by atoms with Crippen LogP contribution in [0.3, 0.4) is 0 Å². The Hall–Kier alpha value is -0.160. The van der Waals surface area contributed by atoms with Crippen LogP contribution in [-0.2, 0) is 4.74 Å². The molecule has 0 aromatic heterocycles. The van der Waals surface area contributed by atoms with E-state index in [2.05, 4.69) is 24.2 Å². The molecule has 4 heteroatoms. The fourth-order valence-corrected chi connectivity index (χ4v) is 3.89. The van der Waals surface area contributed by atoms with Crippen molar-refractivity contribution in [3.05, 3.63) is 0 Å². The summed E-state index contributed by atoms with van der Waals surface area (Å²) >= 11 is 0. The third kappa shape index (κ3) is 3.73. The fourth-order valence-electron chi connectivity index (χ4n) is 3.89. The van der Waals surface area contributed by atoms with Gasteiger partial charge in [-0.3, -0.25) is 16.2 Å². The lowest BCUT2D eigenvalue weighted by Crippen LogP contribution is -2.62. The topological polar surface area (TPSA) is 50.5 Å². The highest BCUT2D eigenvalue weighted by Gasteiger charge is 2.38. The Kier molecular flexibility index (Phi) is 6.27. The first-order valence-corrected chi connectivity index (χ1v) is 8.53. The number of nitrogens with two attached hydrogens (primary N) is 1. The van der Waals surface area contributed by atoms with Crippen LogP contribution in [0.15, 0.2) is 0 Å². The van der Waals surface area contributed by atoms with Crippen molar-refractivity contribution in [2.24, 2.45) is 5.84 Å². The highest BCUT2D eigenvalue weighted by atomic mass is 16.5. The molecule has 4 nitrogen and oxygen atoms in total. The second-order valence-electron chi connectivity index (χ2n) is 6.69. The van der Waals surface area contributed by atoms with E-state index < -0.39 is 0 Å². The van der Waals surface area contributed by atoms with Crippen LogP contribution in [-0.4, -0.2) is 42.3 Å². The lowest BCUT2D eigenvalue weighted by molar-refractivity contribution is 0.0315. The van der Waals surface area contributed by atoms with Crippen LogP contribution in [0.1, 0.15) is 65.2 Å². The van der Waals surface area contributed by atoms with Crippen molar-refractivity contribution >= 4 is 0 Å². The second-order valence-corrected chi connectivity index (χ2v) is 6.69. The van der Waals surface area contributed by atoms with Gasteiger partial charge in [0.25, 0.3) is 0 Å². The number of rotatable bonds is 7. The molecular weight excluding hydrogens is 250 g/mol. The summed E-state index contributed by atoms with van der Waals surface area (Å²) in [5.41, 5.74) is 3.29. The van der Waals surface area contributed by atoms with Crippen molar-refractivity contribution < 1.29 is 4.74 Å². The lowest BCUT2D eigenvalue weighted by atomic mass is 9.83. The summed E-state index contributed by atoms with van der Waals surface area (Å²) in [5, 5.41) is 0. The standard InChI is InChI=1S/C16H33N3O/c1-3-16(2,19-11-5-4-6-12-19)15(18-17)10-9-14-8-7-13-20-14/h14-15,18H,3-13,17H2,1-2H3. The highest BCUT2D eigenvalue weighted by molar-refractivity contribution is 4.96. The van der Waals surface area contributed by atoms with E-state index >= 15 is 0 Å². The third-order valence-electron chi connectivity index (χ3n) is 5.55. The minimum Gasteiger partial charge on any atom is -0.378 e. The average molecular weight is 283 g/mol. The van der Waals surface area contributed by atoms with Crippen molar-refractivity contribution in [1.82, 2.24) is 10.3 Å². The summed E-state index contributed by atoms with van der Waals surface area (Å²) in [4.78, 5) is 2.66. The van der Waals surface area contributed by atoms with E-state index in [1.807, 2.05) is 0 Å². The Bertz CT molecular complexity index is 275. The van der Waals surface area contributed by atoms with Crippen LogP contribution in [0, 0.1) is 0 Å². The summed E-state index contributed by atoms with van der Waals surface area (Å²) in [5.74, 6) is 5.91. The Balaban J connectivity index is 1.93. The zero-order chi connectivity index (χ0) is 14.4. The first-order valence-electron chi connectivity index (χ1n) is 8.53. The normalized spacial score (nSPS) is 29.2. The van der Waals surface area contributed by atoms with Gasteiger partial charge in [-0.2, -0.15) is 0 Å².